The molecule has 4 N–H and O–H groups in total. The second-order valence-corrected chi connectivity index (χ2v) is 22.4. The van der Waals surface area contributed by atoms with E-state index in [2.05, 4.69) is 64.6 Å². The van der Waals surface area contributed by atoms with Gasteiger partial charge in [0.25, 0.3) is 11.8 Å². The molecule has 398 valence electrons. The van der Waals surface area contributed by atoms with E-state index >= 15 is 0 Å². The minimum atomic E-state index is -0.727. The zero-order valence-electron chi connectivity index (χ0n) is 44.1. The molecule has 2 heterocycles. The van der Waals surface area contributed by atoms with Crippen molar-refractivity contribution in [2.75, 3.05) is 32.7 Å². The summed E-state index contributed by atoms with van der Waals surface area (Å²) in [5.41, 5.74) is 4.18. The normalized spacial score (nSPS) is 25.3. The molecule has 0 aromatic heterocycles. The Morgan fingerprint density at radius 1 is 0.387 bits per heavy atom. The molecular formula is C63H80N6O6. The lowest BCUT2D eigenvalue weighted by molar-refractivity contribution is -0.133. The van der Waals surface area contributed by atoms with E-state index in [0.29, 0.717) is 17.7 Å². The van der Waals surface area contributed by atoms with Crippen LogP contribution in [0.15, 0.2) is 115 Å². The lowest BCUT2D eigenvalue weighted by Crippen LogP contribution is -2.43. The first-order chi connectivity index (χ1) is 36.7. The summed E-state index contributed by atoms with van der Waals surface area (Å²) in [6, 6.07) is 36.7. The molecule has 2 aliphatic heterocycles. The average molecular weight is 1020 g/mol. The maximum absolute atomic E-state index is 14.2. The molecule has 75 heavy (non-hydrogen) atoms. The number of amides is 6. The van der Waals surface area contributed by atoms with Crippen LogP contribution in [0.1, 0.15) is 171 Å². The predicted octanol–water partition coefficient (Wildman–Crippen LogP) is 9.68. The van der Waals surface area contributed by atoms with Crippen LogP contribution in [0.3, 0.4) is 0 Å². The molecule has 0 unspecified atom stereocenters. The van der Waals surface area contributed by atoms with Crippen LogP contribution in [0.25, 0.3) is 0 Å². The van der Waals surface area contributed by atoms with Gasteiger partial charge < -0.3 is 31.1 Å². The van der Waals surface area contributed by atoms with E-state index in [0.717, 1.165) is 38.5 Å². The molecule has 0 bridgehead atoms. The highest BCUT2D eigenvalue weighted by Crippen LogP contribution is 2.44. The highest BCUT2D eigenvalue weighted by atomic mass is 16.2. The van der Waals surface area contributed by atoms with Crippen LogP contribution in [-0.2, 0) is 19.2 Å². The van der Waals surface area contributed by atoms with Crippen molar-refractivity contribution in [3.8, 4) is 0 Å². The largest absolute Gasteiger partial charge is 0.356 e. The number of benzene rings is 4. The van der Waals surface area contributed by atoms with Gasteiger partial charge in [0, 0.05) is 79.7 Å². The van der Waals surface area contributed by atoms with E-state index < -0.39 is 23.7 Å². The van der Waals surface area contributed by atoms with Crippen molar-refractivity contribution < 1.29 is 28.8 Å². The van der Waals surface area contributed by atoms with Crippen molar-refractivity contribution in [2.24, 2.45) is 23.7 Å². The number of hydrogen-bond acceptors (Lipinski definition) is 6. The van der Waals surface area contributed by atoms with Crippen molar-refractivity contribution in [3.05, 3.63) is 143 Å². The second kappa shape index (κ2) is 26.0. The molecular weight excluding hydrogens is 937 g/mol. The van der Waals surface area contributed by atoms with Crippen LogP contribution < -0.4 is 21.3 Å². The molecule has 10 atom stereocenters. The van der Waals surface area contributed by atoms with Crippen molar-refractivity contribution in [1.82, 2.24) is 31.1 Å². The Labute approximate surface area is 444 Å². The number of nitrogens with one attached hydrogen (secondary N) is 4. The summed E-state index contributed by atoms with van der Waals surface area (Å²) in [4.78, 5) is 87.6. The van der Waals surface area contributed by atoms with Crippen LogP contribution in [0.4, 0.5) is 0 Å². The summed E-state index contributed by atoms with van der Waals surface area (Å²) in [6.45, 7) is 3.18. The highest BCUT2D eigenvalue weighted by Gasteiger charge is 2.50. The SMILES string of the molecule is CCCCCCCCCCCCCCCCNC(=O)[C@@H]1CN(C(=O)c2ccc(C(=O)N3C[C@@H](C(=O)N[C@H]4C[C@@H]4c4ccccc4)[C@H](C(=O)N[C@H]4C[C@@H]4c4ccccc4)C3)cc2)C[C@H]1C(=O)N[C@H]1C[C@@H]1c1ccccc1. The van der Waals surface area contributed by atoms with Gasteiger partial charge in [-0.15, -0.1) is 0 Å². The van der Waals surface area contributed by atoms with Gasteiger partial charge in [-0.25, -0.2) is 0 Å². The standard InChI is InChI=1S/C63H80N6O6/c1-2-3-4-5-6-7-8-9-10-11-12-13-14-24-35-64-58(70)51-39-68(40-52(51)59(71)65-55-36-48(55)43-25-18-15-19-26-43)62(74)46-31-33-47(34-32-46)63(75)69-41-53(60(72)66-56-37-49(56)44-27-20-16-21-28-44)54(42-69)61(73)67-57-38-50(57)45-29-22-17-23-30-45/h15-23,25-34,48-57H,2-14,24,35-42H2,1H3,(H,64,70)(H,65,71)(H,66,72)(H,67,73)/t48-,49-,50-,51-,52-,53-,54-,55+,56+,57+/m1/s1. The molecule has 3 aliphatic carbocycles. The summed E-state index contributed by atoms with van der Waals surface area (Å²) in [6.07, 6.45) is 20.0. The van der Waals surface area contributed by atoms with Crippen molar-refractivity contribution in [3.63, 3.8) is 0 Å². The van der Waals surface area contributed by atoms with Crippen molar-refractivity contribution >= 4 is 35.4 Å². The van der Waals surface area contributed by atoms with Gasteiger partial charge >= 0.3 is 0 Å². The van der Waals surface area contributed by atoms with E-state index in [9.17, 15) is 28.8 Å². The van der Waals surface area contributed by atoms with Gasteiger partial charge in [0.15, 0.2) is 0 Å². The van der Waals surface area contributed by atoms with Crippen LogP contribution in [0.5, 0.6) is 0 Å². The topological polar surface area (TPSA) is 157 Å². The van der Waals surface area contributed by atoms with Gasteiger partial charge in [-0.2, -0.15) is 0 Å². The van der Waals surface area contributed by atoms with Gasteiger partial charge in [0.2, 0.25) is 23.6 Å². The maximum atomic E-state index is 14.2. The summed E-state index contributed by atoms with van der Waals surface area (Å²) >= 11 is 0. The predicted molar refractivity (Wildman–Crippen MR) is 293 cm³/mol. The number of likely N-dealkylation sites (tertiary alicyclic amines) is 2. The molecule has 4 aromatic carbocycles. The first-order valence-electron chi connectivity index (χ1n) is 28.7. The zero-order valence-corrected chi connectivity index (χ0v) is 44.1. The number of hydrogen-bond donors (Lipinski definition) is 4. The molecule has 6 amide bonds. The van der Waals surface area contributed by atoms with Crippen LogP contribution in [0, 0.1) is 23.7 Å². The first-order valence-corrected chi connectivity index (χ1v) is 28.7. The number of carbonyl (C=O) groups excluding carboxylic acids is 6. The minimum absolute atomic E-state index is 0.0192. The van der Waals surface area contributed by atoms with Crippen LogP contribution in [-0.4, -0.2) is 96.1 Å². The van der Waals surface area contributed by atoms with Crippen molar-refractivity contribution in [2.45, 2.75) is 152 Å². The Balaban J connectivity index is 0.788. The quantitative estimate of drug-likeness (QED) is 0.0436. The third-order valence-corrected chi connectivity index (χ3v) is 16.8. The molecule has 12 nitrogen and oxygen atoms in total. The van der Waals surface area contributed by atoms with E-state index in [1.807, 2.05) is 54.6 Å². The first kappa shape index (κ1) is 53.5. The molecule has 4 aromatic rings. The van der Waals surface area contributed by atoms with Crippen molar-refractivity contribution in [1.29, 1.82) is 0 Å². The second-order valence-electron chi connectivity index (χ2n) is 22.4. The molecule has 0 spiro atoms. The number of nitrogens with zero attached hydrogens (tertiary/aromatic N) is 2. The Hall–Kier alpha value is -6.30. The maximum Gasteiger partial charge on any atom is 0.253 e. The highest BCUT2D eigenvalue weighted by molar-refractivity contribution is 6.00. The lowest BCUT2D eigenvalue weighted by Gasteiger charge is -2.18. The summed E-state index contributed by atoms with van der Waals surface area (Å²) < 4.78 is 0. The third-order valence-electron chi connectivity index (χ3n) is 16.8. The summed E-state index contributed by atoms with van der Waals surface area (Å²) in [7, 11) is 0. The summed E-state index contributed by atoms with van der Waals surface area (Å²) in [5, 5.41) is 12.7. The lowest BCUT2D eigenvalue weighted by atomic mass is 9.94. The Morgan fingerprint density at radius 2 is 0.680 bits per heavy atom. The zero-order chi connectivity index (χ0) is 52.1. The Morgan fingerprint density at radius 3 is 1.00 bits per heavy atom. The fraction of sp³-hybridized carbons (Fsp3) is 0.524. The molecule has 5 fully saturated rings. The van der Waals surface area contributed by atoms with E-state index in [1.165, 1.54) is 87.3 Å². The fourth-order valence-electron chi connectivity index (χ4n) is 11.9. The monoisotopic (exact) mass is 1020 g/mol. The average Bonchev–Trinajstić information content (AvgIpc) is 4.42. The Kier molecular flexibility index (Phi) is 18.5. The Bertz CT molecular complexity index is 2470. The van der Waals surface area contributed by atoms with E-state index in [1.54, 1.807) is 34.1 Å². The number of rotatable bonds is 27. The minimum Gasteiger partial charge on any atom is -0.356 e. The molecule has 5 aliphatic rings. The molecule has 9 rings (SSSR count). The van der Waals surface area contributed by atoms with Gasteiger partial charge in [-0.05, 0) is 66.6 Å². The summed E-state index contributed by atoms with van der Waals surface area (Å²) in [5.74, 6) is -3.72. The molecule has 2 saturated heterocycles. The van der Waals surface area contributed by atoms with E-state index in [-0.39, 0.29) is 97.5 Å². The molecule has 12 heteroatoms. The third kappa shape index (κ3) is 14.4. The van der Waals surface area contributed by atoms with Gasteiger partial charge in [-0.3, -0.25) is 28.8 Å². The van der Waals surface area contributed by atoms with Gasteiger partial charge in [0.1, 0.15) is 0 Å². The van der Waals surface area contributed by atoms with Crippen LogP contribution in [0.2, 0.25) is 0 Å². The van der Waals surface area contributed by atoms with Gasteiger partial charge in [-0.1, -0.05) is 181 Å². The van der Waals surface area contributed by atoms with Gasteiger partial charge in [0.05, 0.1) is 23.7 Å². The smallest absolute Gasteiger partial charge is 0.253 e. The fourth-order valence-corrected chi connectivity index (χ4v) is 11.9. The van der Waals surface area contributed by atoms with E-state index in [4.69, 9.17) is 0 Å². The van der Waals surface area contributed by atoms with Crippen LogP contribution >= 0.6 is 0 Å². The number of carbonyl (C=O) groups is 6. The number of unbranched alkanes of at least 4 members (excludes halogenated alkanes) is 13. The molecule has 0 radical (unpaired) electrons. The molecule has 3 saturated carbocycles.